The highest BCUT2D eigenvalue weighted by Gasteiger charge is 2.26. The lowest BCUT2D eigenvalue weighted by molar-refractivity contribution is 0.102. The predicted molar refractivity (Wildman–Crippen MR) is 110 cm³/mol. The molecular formula is C25H24O3. The van der Waals surface area contributed by atoms with Crippen LogP contribution in [-0.2, 0) is 20.6 Å². The molecule has 0 spiro atoms. The summed E-state index contributed by atoms with van der Waals surface area (Å²) in [5.74, 6) is 0. The number of epoxide rings is 2. The molecule has 2 unspecified atom stereocenters. The number of hydrogen-bond donors (Lipinski definition) is 0. The minimum absolute atomic E-state index is 0.392. The average molecular weight is 372 g/mol. The third-order valence-corrected chi connectivity index (χ3v) is 5.35. The van der Waals surface area contributed by atoms with Gasteiger partial charge in [-0.05, 0) is 39.8 Å². The number of benzene rings is 3. The molecule has 0 amide bonds. The highest BCUT2D eigenvalue weighted by atomic mass is 16.6. The quantitative estimate of drug-likeness (QED) is 0.475. The van der Waals surface area contributed by atoms with Gasteiger partial charge in [0, 0.05) is 0 Å². The van der Waals surface area contributed by atoms with E-state index in [-0.39, 0.29) is 0 Å². The first-order valence-electron chi connectivity index (χ1n) is 9.95. The summed E-state index contributed by atoms with van der Waals surface area (Å²) in [6, 6.07) is 26.1. The Morgan fingerprint density at radius 2 is 1.29 bits per heavy atom. The Hall–Kier alpha value is -2.46. The Morgan fingerprint density at radius 3 is 2.00 bits per heavy atom. The van der Waals surface area contributed by atoms with Crippen molar-refractivity contribution in [1.29, 1.82) is 0 Å². The van der Waals surface area contributed by atoms with Crippen molar-refractivity contribution in [3.8, 4) is 22.3 Å². The topological polar surface area (TPSA) is 34.3 Å². The first-order chi connectivity index (χ1) is 13.9. The van der Waals surface area contributed by atoms with Crippen LogP contribution in [0.4, 0.5) is 0 Å². The third-order valence-electron chi connectivity index (χ3n) is 5.35. The lowest BCUT2D eigenvalue weighted by Gasteiger charge is -2.08. The third kappa shape index (κ3) is 4.02. The molecule has 0 saturated carbocycles. The molecule has 0 radical (unpaired) electrons. The maximum absolute atomic E-state index is 5.23. The summed E-state index contributed by atoms with van der Waals surface area (Å²) < 4.78 is 15.1. The fourth-order valence-corrected chi connectivity index (χ4v) is 3.70. The summed E-state index contributed by atoms with van der Waals surface area (Å²) >= 11 is 0. The van der Waals surface area contributed by atoms with Crippen LogP contribution >= 0.6 is 0 Å². The summed E-state index contributed by atoms with van der Waals surface area (Å²) in [6.07, 6.45) is 1.84. The van der Waals surface area contributed by atoms with Gasteiger partial charge in [0.15, 0.2) is 0 Å². The van der Waals surface area contributed by atoms with Crippen LogP contribution in [0.25, 0.3) is 22.3 Å². The summed E-state index contributed by atoms with van der Waals surface area (Å²) in [7, 11) is 0. The lowest BCUT2D eigenvalue weighted by Crippen LogP contribution is -2.06. The van der Waals surface area contributed by atoms with E-state index in [4.69, 9.17) is 14.2 Å². The Bertz CT molecular complexity index is 931. The van der Waals surface area contributed by atoms with Gasteiger partial charge in [-0.25, -0.2) is 0 Å². The van der Waals surface area contributed by atoms with E-state index in [1.807, 2.05) is 0 Å². The van der Waals surface area contributed by atoms with Crippen LogP contribution < -0.4 is 0 Å². The van der Waals surface area contributed by atoms with Gasteiger partial charge in [-0.15, -0.1) is 0 Å². The average Bonchev–Trinajstić information content (AvgIpc) is 3.68. The SMILES string of the molecule is C(OCC1CO1)C1CO1.c1ccc(-c2cccc3c2Cc2ccccc2-3)cc1. The van der Waals surface area contributed by atoms with Gasteiger partial charge >= 0.3 is 0 Å². The molecule has 3 aliphatic rings. The molecule has 2 fully saturated rings. The Labute approximate surface area is 165 Å². The largest absolute Gasteiger partial charge is 0.376 e. The van der Waals surface area contributed by atoms with Gasteiger partial charge in [-0.3, -0.25) is 0 Å². The minimum Gasteiger partial charge on any atom is -0.376 e. The van der Waals surface area contributed by atoms with Crippen LogP contribution in [0.15, 0.2) is 72.8 Å². The van der Waals surface area contributed by atoms with Crippen molar-refractivity contribution in [2.24, 2.45) is 0 Å². The number of rotatable bonds is 5. The predicted octanol–water partition coefficient (Wildman–Crippen LogP) is 4.73. The Kier molecular flexibility index (Phi) is 4.96. The first kappa shape index (κ1) is 17.6. The van der Waals surface area contributed by atoms with E-state index in [0.717, 1.165) is 32.8 Å². The van der Waals surface area contributed by atoms with E-state index in [1.165, 1.54) is 33.4 Å². The molecule has 3 nitrogen and oxygen atoms in total. The molecule has 0 bridgehead atoms. The monoisotopic (exact) mass is 372 g/mol. The molecule has 142 valence electrons. The second-order valence-electron chi connectivity index (χ2n) is 7.48. The van der Waals surface area contributed by atoms with E-state index < -0.39 is 0 Å². The van der Waals surface area contributed by atoms with Crippen LogP contribution in [0, 0.1) is 0 Å². The maximum Gasteiger partial charge on any atom is 0.104 e. The molecule has 0 N–H and O–H groups in total. The molecule has 3 aromatic rings. The van der Waals surface area contributed by atoms with Gasteiger partial charge in [0.25, 0.3) is 0 Å². The van der Waals surface area contributed by atoms with Crippen LogP contribution in [0.5, 0.6) is 0 Å². The van der Waals surface area contributed by atoms with E-state index in [2.05, 4.69) is 72.8 Å². The van der Waals surface area contributed by atoms with Gasteiger partial charge in [-0.1, -0.05) is 72.8 Å². The van der Waals surface area contributed by atoms with Gasteiger partial charge in [0.2, 0.25) is 0 Å². The van der Waals surface area contributed by atoms with Gasteiger partial charge in [-0.2, -0.15) is 0 Å². The van der Waals surface area contributed by atoms with Gasteiger partial charge in [0.1, 0.15) is 12.2 Å². The zero-order valence-electron chi connectivity index (χ0n) is 15.8. The molecule has 3 aromatic carbocycles. The Morgan fingerprint density at radius 1 is 0.679 bits per heavy atom. The van der Waals surface area contributed by atoms with Gasteiger partial charge in [0.05, 0.1) is 26.4 Å². The molecule has 2 saturated heterocycles. The van der Waals surface area contributed by atoms with Gasteiger partial charge < -0.3 is 14.2 Å². The molecule has 2 aliphatic heterocycles. The van der Waals surface area contributed by atoms with Crippen LogP contribution in [0.2, 0.25) is 0 Å². The summed E-state index contributed by atoms with van der Waals surface area (Å²) in [6.45, 7) is 3.26. The van der Waals surface area contributed by atoms with Crippen molar-refractivity contribution in [3.05, 3.63) is 83.9 Å². The summed E-state index contributed by atoms with van der Waals surface area (Å²) in [4.78, 5) is 0. The van der Waals surface area contributed by atoms with Crippen LogP contribution in [-0.4, -0.2) is 38.6 Å². The molecule has 28 heavy (non-hydrogen) atoms. The van der Waals surface area contributed by atoms with Crippen molar-refractivity contribution in [1.82, 2.24) is 0 Å². The number of ether oxygens (including phenoxy) is 3. The number of fused-ring (bicyclic) bond motifs is 3. The van der Waals surface area contributed by atoms with Crippen molar-refractivity contribution in [3.63, 3.8) is 0 Å². The Balaban J connectivity index is 0.000000158. The maximum atomic E-state index is 5.23. The van der Waals surface area contributed by atoms with Crippen molar-refractivity contribution in [2.45, 2.75) is 18.6 Å². The van der Waals surface area contributed by atoms with Crippen molar-refractivity contribution in [2.75, 3.05) is 26.4 Å². The fraction of sp³-hybridized carbons (Fsp3) is 0.280. The molecule has 1 aliphatic carbocycles. The lowest BCUT2D eigenvalue weighted by atomic mass is 9.96. The summed E-state index contributed by atoms with van der Waals surface area (Å²) in [5, 5.41) is 0. The van der Waals surface area contributed by atoms with E-state index in [9.17, 15) is 0 Å². The van der Waals surface area contributed by atoms with Crippen molar-refractivity contribution < 1.29 is 14.2 Å². The van der Waals surface area contributed by atoms with Crippen LogP contribution in [0.1, 0.15) is 11.1 Å². The van der Waals surface area contributed by atoms with E-state index in [0.29, 0.717) is 12.2 Å². The zero-order chi connectivity index (χ0) is 18.8. The second kappa shape index (κ2) is 7.88. The molecule has 2 atom stereocenters. The molecule has 0 aromatic heterocycles. The van der Waals surface area contributed by atoms with E-state index >= 15 is 0 Å². The smallest absolute Gasteiger partial charge is 0.104 e. The molecule has 3 heteroatoms. The second-order valence-corrected chi connectivity index (χ2v) is 7.48. The van der Waals surface area contributed by atoms with E-state index in [1.54, 1.807) is 0 Å². The normalized spacial score (nSPS) is 20.6. The standard InChI is InChI=1S/C19H14.C6H10O3/c1-2-7-14(8-3-1)16-11-6-12-18-17-10-5-4-9-15(17)13-19(16)18;1(5-3-8-5)7-2-6-4-9-6/h1-12H,13H2;5-6H,1-4H2. The number of hydrogen-bond acceptors (Lipinski definition) is 3. The molecular weight excluding hydrogens is 348 g/mol. The zero-order valence-corrected chi connectivity index (χ0v) is 15.8. The summed E-state index contributed by atoms with van der Waals surface area (Å²) in [5.41, 5.74) is 8.39. The molecule has 2 heterocycles. The molecule has 6 rings (SSSR count). The first-order valence-corrected chi connectivity index (χ1v) is 9.95. The highest BCUT2D eigenvalue weighted by molar-refractivity contribution is 5.84. The highest BCUT2D eigenvalue weighted by Crippen LogP contribution is 2.41. The van der Waals surface area contributed by atoms with Crippen LogP contribution in [0.3, 0.4) is 0 Å². The fourth-order valence-electron chi connectivity index (χ4n) is 3.70. The van der Waals surface area contributed by atoms with Crippen molar-refractivity contribution >= 4 is 0 Å². The minimum atomic E-state index is 0.392.